The van der Waals surface area contributed by atoms with Gasteiger partial charge in [0, 0.05) is 0 Å². The second-order valence-corrected chi connectivity index (χ2v) is 2.21. The fourth-order valence-corrected chi connectivity index (χ4v) is 0.815. The molecule has 0 aliphatic rings. The zero-order valence-electron chi connectivity index (χ0n) is 7.44. The van der Waals surface area contributed by atoms with E-state index in [0.717, 1.165) is 0 Å². The number of methoxy groups -OCH3 is 2. The van der Waals surface area contributed by atoms with Gasteiger partial charge in [0.25, 0.3) is 0 Å². The van der Waals surface area contributed by atoms with Crippen molar-refractivity contribution in [3.05, 3.63) is 30.2 Å². The third kappa shape index (κ3) is 2.37. The quantitative estimate of drug-likeness (QED) is 0.403. The first-order chi connectivity index (χ1) is 6.27. The normalized spacial score (nSPS) is 11.1. The number of carbonyl (C=O) groups excluding carboxylic acids is 1. The lowest BCUT2D eigenvalue weighted by Crippen LogP contribution is -1.97. The van der Waals surface area contributed by atoms with E-state index in [1.807, 2.05) is 0 Å². The van der Waals surface area contributed by atoms with Crippen LogP contribution in [0.3, 0.4) is 0 Å². The Kier molecular flexibility index (Phi) is 3.14. The Morgan fingerprint density at radius 3 is 2.69 bits per heavy atom. The average molecular weight is 182 g/mol. The van der Waals surface area contributed by atoms with Crippen molar-refractivity contribution >= 4 is 11.7 Å². The minimum atomic E-state index is -0.478. The minimum absolute atomic E-state index is 0.344. The molecule has 70 valence electrons. The predicted molar refractivity (Wildman–Crippen MR) is 45.7 cm³/mol. The summed E-state index contributed by atoms with van der Waals surface area (Å²) in [5, 5.41) is 0. The summed E-state index contributed by atoms with van der Waals surface area (Å²) in [6.45, 7) is 0. The third-order valence-corrected chi connectivity index (χ3v) is 1.43. The lowest BCUT2D eigenvalue weighted by Gasteiger charge is -2.00. The number of rotatable bonds is 3. The Morgan fingerprint density at radius 2 is 2.23 bits per heavy atom. The molecule has 1 heterocycles. The van der Waals surface area contributed by atoms with Crippen LogP contribution in [0.5, 0.6) is 0 Å². The van der Waals surface area contributed by atoms with E-state index in [9.17, 15) is 4.79 Å². The highest BCUT2D eigenvalue weighted by atomic mass is 16.5. The highest BCUT2D eigenvalue weighted by molar-refractivity contribution is 5.88. The van der Waals surface area contributed by atoms with Crippen LogP contribution in [-0.4, -0.2) is 20.2 Å². The van der Waals surface area contributed by atoms with Crippen molar-refractivity contribution < 1.29 is 18.7 Å². The summed E-state index contributed by atoms with van der Waals surface area (Å²) >= 11 is 0. The van der Waals surface area contributed by atoms with Crippen LogP contribution in [0.15, 0.2) is 28.9 Å². The average Bonchev–Trinajstić information content (AvgIpc) is 2.66. The Balaban J connectivity index is 2.85. The third-order valence-electron chi connectivity index (χ3n) is 1.43. The van der Waals surface area contributed by atoms with Crippen molar-refractivity contribution in [2.24, 2.45) is 0 Å². The largest absolute Gasteiger partial charge is 0.493 e. The Hall–Kier alpha value is -1.71. The molecule has 0 aliphatic carbocycles. The Morgan fingerprint density at radius 1 is 1.46 bits per heavy atom. The molecular weight excluding hydrogens is 172 g/mol. The van der Waals surface area contributed by atoms with Crippen LogP contribution >= 0.6 is 0 Å². The molecule has 0 aliphatic heterocycles. The van der Waals surface area contributed by atoms with E-state index in [4.69, 9.17) is 9.15 Å². The second kappa shape index (κ2) is 4.35. The van der Waals surface area contributed by atoms with Gasteiger partial charge < -0.3 is 13.9 Å². The molecule has 0 bridgehead atoms. The van der Waals surface area contributed by atoms with Gasteiger partial charge in [-0.3, -0.25) is 0 Å². The summed E-state index contributed by atoms with van der Waals surface area (Å²) in [7, 11) is 2.76. The molecule has 0 N–H and O–H groups in total. The molecular formula is C9H10O4. The van der Waals surface area contributed by atoms with Crippen LogP contribution in [0.2, 0.25) is 0 Å². The van der Waals surface area contributed by atoms with Crippen LogP contribution in [0, 0.1) is 0 Å². The Bertz CT molecular complexity index is 297. The van der Waals surface area contributed by atoms with Crippen molar-refractivity contribution in [3.8, 4) is 0 Å². The van der Waals surface area contributed by atoms with Gasteiger partial charge >= 0.3 is 5.97 Å². The monoisotopic (exact) mass is 182 g/mol. The fraction of sp³-hybridized carbons (Fsp3) is 0.222. The summed E-state index contributed by atoms with van der Waals surface area (Å²) in [4.78, 5) is 10.9. The van der Waals surface area contributed by atoms with E-state index < -0.39 is 5.97 Å². The van der Waals surface area contributed by atoms with E-state index in [1.54, 1.807) is 12.1 Å². The van der Waals surface area contributed by atoms with Crippen molar-refractivity contribution in [2.75, 3.05) is 14.2 Å². The highest BCUT2D eigenvalue weighted by Crippen LogP contribution is 2.14. The van der Waals surface area contributed by atoms with E-state index in [2.05, 4.69) is 4.74 Å². The van der Waals surface area contributed by atoms with Crippen LogP contribution in [0.1, 0.15) is 5.76 Å². The van der Waals surface area contributed by atoms with Gasteiger partial charge in [0.2, 0.25) is 0 Å². The molecule has 1 aromatic rings. The number of esters is 1. The molecule has 0 saturated carbocycles. The fourth-order valence-electron chi connectivity index (χ4n) is 0.815. The van der Waals surface area contributed by atoms with Crippen molar-refractivity contribution in [1.82, 2.24) is 0 Å². The first kappa shape index (κ1) is 9.38. The van der Waals surface area contributed by atoms with Crippen LogP contribution in [0.25, 0.3) is 5.76 Å². The molecule has 0 amide bonds. The summed E-state index contributed by atoms with van der Waals surface area (Å²) in [6.07, 6.45) is 2.72. The zero-order valence-corrected chi connectivity index (χ0v) is 7.44. The van der Waals surface area contributed by atoms with E-state index in [1.165, 1.54) is 26.6 Å². The smallest absolute Gasteiger partial charge is 0.334 e. The zero-order chi connectivity index (χ0) is 9.68. The minimum Gasteiger partial charge on any atom is -0.493 e. The van der Waals surface area contributed by atoms with Gasteiger partial charge in [-0.1, -0.05) is 0 Å². The molecule has 13 heavy (non-hydrogen) atoms. The molecule has 1 aromatic heterocycles. The van der Waals surface area contributed by atoms with Gasteiger partial charge in [-0.25, -0.2) is 4.79 Å². The number of hydrogen-bond acceptors (Lipinski definition) is 4. The second-order valence-electron chi connectivity index (χ2n) is 2.21. The molecule has 0 unspecified atom stereocenters. The number of ether oxygens (including phenoxy) is 2. The van der Waals surface area contributed by atoms with Crippen molar-refractivity contribution in [1.29, 1.82) is 0 Å². The van der Waals surface area contributed by atoms with E-state index >= 15 is 0 Å². The van der Waals surface area contributed by atoms with Gasteiger partial charge in [0.05, 0.1) is 26.6 Å². The van der Waals surface area contributed by atoms with Gasteiger partial charge in [-0.05, 0) is 12.1 Å². The standard InChI is InChI=1S/C9H10O4/c1-11-8(6-9(10)12-2)7-4-3-5-13-7/h3-6H,1-2H3/b8-6-. The number of carbonyl (C=O) groups is 1. The van der Waals surface area contributed by atoms with Gasteiger partial charge in [0.1, 0.15) is 0 Å². The summed E-state index contributed by atoms with van der Waals surface area (Å²) in [6, 6.07) is 3.40. The summed E-state index contributed by atoms with van der Waals surface area (Å²) in [5.74, 6) is 0.359. The lowest BCUT2D eigenvalue weighted by molar-refractivity contribution is -0.134. The Labute approximate surface area is 75.7 Å². The number of furan rings is 1. The van der Waals surface area contributed by atoms with Crippen LogP contribution < -0.4 is 0 Å². The van der Waals surface area contributed by atoms with Crippen molar-refractivity contribution in [3.63, 3.8) is 0 Å². The van der Waals surface area contributed by atoms with Gasteiger partial charge in [-0.15, -0.1) is 0 Å². The maximum absolute atomic E-state index is 10.9. The van der Waals surface area contributed by atoms with Gasteiger partial charge in [-0.2, -0.15) is 0 Å². The predicted octanol–water partition coefficient (Wildman–Crippen LogP) is 1.44. The summed E-state index contributed by atoms with van der Waals surface area (Å²) < 4.78 is 14.4. The SMILES string of the molecule is COC(=O)/C=C(\OC)c1ccco1. The molecule has 1 rings (SSSR count). The first-order valence-corrected chi connectivity index (χ1v) is 3.65. The molecule has 0 atom stereocenters. The molecule has 4 heteroatoms. The lowest BCUT2D eigenvalue weighted by atomic mass is 10.3. The molecule has 0 radical (unpaired) electrons. The highest BCUT2D eigenvalue weighted by Gasteiger charge is 2.06. The summed E-state index contributed by atoms with van der Waals surface area (Å²) in [5.41, 5.74) is 0. The first-order valence-electron chi connectivity index (χ1n) is 3.65. The molecule has 0 spiro atoms. The number of hydrogen-bond donors (Lipinski definition) is 0. The molecule has 4 nitrogen and oxygen atoms in total. The maximum Gasteiger partial charge on any atom is 0.334 e. The van der Waals surface area contributed by atoms with Crippen LogP contribution in [0.4, 0.5) is 0 Å². The maximum atomic E-state index is 10.9. The van der Waals surface area contributed by atoms with Crippen molar-refractivity contribution in [2.45, 2.75) is 0 Å². The molecule has 0 saturated heterocycles. The topological polar surface area (TPSA) is 48.7 Å². The van der Waals surface area contributed by atoms with E-state index in [-0.39, 0.29) is 0 Å². The van der Waals surface area contributed by atoms with E-state index in [0.29, 0.717) is 11.5 Å². The molecule has 0 aromatic carbocycles. The van der Waals surface area contributed by atoms with Crippen LogP contribution in [-0.2, 0) is 14.3 Å². The van der Waals surface area contributed by atoms with Gasteiger partial charge in [0.15, 0.2) is 11.5 Å². The molecule has 0 fully saturated rings.